The SMILES string of the molecule is CCCCCn1c(N)[n+](Cc2ccccc2)c2ccccc21.O=C([O-])C(=O)O. The molecule has 148 valence electrons. The third kappa shape index (κ3) is 5.33. The lowest BCUT2D eigenvalue weighted by molar-refractivity contribution is -0.648. The first-order valence-corrected chi connectivity index (χ1v) is 9.20. The topological polar surface area (TPSA) is 112 Å². The number of nitrogen functional groups attached to an aromatic ring is 1. The maximum absolute atomic E-state index is 9.04. The number of rotatable bonds is 6. The molecule has 0 amide bonds. The molecule has 0 saturated carbocycles. The summed E-state index contributed by atoms with van der Waals surface area (Å²) >= 11 is 0. The van der Waals surface area contributed by atoms with Crippen LogP contribution in [0.1, 0.15) is 31.7 Å². The number of imidazole rings is 1. The van der Waals surface area contributed by atoms with Crippen molar-refractivity contribution >= 4 is 28.9 Å². The molecule has 0 radical (unpaired) electrons. The van der Waals surface area contributed by atoms with E-state index in [0.717, 1.165) is 19.0 Å². The predicted octanol–water partition coefficient (Wildman–Crippen LogP) is 1.57. The molecule has 7 heteroatoms. The molecule has 0 aliphatic carbocycles. The molecule has 3 aromatic rings. The van der Waals surface area contributed by atoms with Crippen molar-refractivity contribution in [3.05, 3.63) is 60.2 Å². The number of hydrogen-bond acceptors (Lipinski definition) is 4. The summed E-state index contributed by atoms with van der Waals surface area (Å²) in [4.78, 5) is 18.0. The van der Waals surface area contributed by atoms with Gasteiger partial charge in [-0.05, 0) is 24.1 Å². The van der Waals surface area contributed by atoms with Gasteiger partial charge in [0.25, 0.3) is 0 Å². The van der Waals surface area contributed by atoms with Gasteiger partial charge in [0.05, 0.1) is 13.1 Å². The summed E-state index contributed by atoms with van der Waals surface area (Å²) in [7, 11) is 0. The van der Waals surface area contributed by atoms with Gasteiger partial charge in [0.1, 0.15) is 11.0 Å². The number of carboxylic acids is 2. The second-order valence-corrected chi connectivity index (χ2v) is 6.37. The van der Waals surface area contributed by atoms with Crippen LogP contribution in [0.25, 0.3) is 11.0 Å². The molecule has 7 nitrogen and oxygen atoms in total. The van der Waals surface area contributed by atoms with Crippen molar-refractivity contribution in [1.82, 2.24) is 4.57 Å². The normalized spacial score (nSPS) is 10.3. The molecule has 2 aromatic carbocycles. The minimum absolute atomic E-state index is 0.813. The van der Waals surface area contributed by atoms with Crippen LogP contribution in [0.3, 0.4) is 0 Å². The van der Waals surface area contributed by atoms with E-state index >= 15 is 0 Å². The van der Waals surface area contributed by atoms with Gasteiger partial charge in [-0.15, -0.1) is 0 Å². The summed E-state index contributed by atoms with van der Waals surface area (Å²) in [6, 6.07) is 19.0. The molecule has 1 aromatic heterocycles. The number of hydrogen-bond donors (Lipinski definition) is 2. The summed E-state index contributed by atoms with van der Waals surface area (Å²) < 4.78 is 4.48. The molecule has 0 spiro atoms. The van der Waals surface area contributed by atoms with Crippen molar-refractivity contribution in [1.29, 1.82) is 0 Å². The molecule has 0 fully saturated rings. The van der Waals surface area contributed by atoms with Crippen LogP contribution in [0.4, 0.5) is 5.95 Å². The second-order valence-electron chi connectivity index (χ2n) is 6.37. The number of unbranched alkanes of at least 4 members (excludes halogenated alkanes) is 2. The van der Waals surface area contributed by atoms with Gasteiger partial charge < -0.3 is 15.0 Å². The van der Waals surface area contributed by atoms with E-state index in [9.17, 15) is 0 Å². The van der Waals surface area contributed by atoms with E-state index in [1.807, 2.05) is 6.07 Å². The number of fused-ring (bicyclic) bond motifs is 1. The average Bonchev–Trinajstić information content (AvgIpc) is 2.95. The molecule has 3 rings (SSSR count). The van der Waals surface area contributed by atoms with Crippen LogP contribution in [-0.2, 0) is 22.7 Å². The number of aliphatic carboxylic acids is 2. The highest BCUT2D eigenvalue weighted by molar-refractivity contribution is 6.26. The fraction of sp³-hybridized carbons (Fsp3) is 0.286. The Labute approximate surface area is 163 Å². The smallest absolute Gasteiger partial charge is 0.356 e. The minimum Gasteiger partial charge on any atom is -0.539 e. The maximum atomic E-state index is 9.04. The first kappa shape index (κ1) is 21.0. The summed E-state index contributed by atoms with van der Waals surface area (Å²) in [6.07, 6.45) is 3.64. The Balaban J connectivity index is 0.000000409. The van der Waals surface area contributed by atoms with Crippen LogP contribution in [0, 0.1) is 0 Å². The van der Waals surface area contributed by atoms with Crippen LogP contribution in [-0.4, -0.2) is 21.6 Å². The van der Waals surface area contributed by atoms with Gasteiger partial charge in [0, 0.05) is 0 Å². The number of carboxylic acid groups (broad SMARTS) is 2. The van der Waals surface area contributed by atoms with Gasteiger partial charge in [-0.3, -0.25) is 5.73 Å². The highest BCUT2D eigenvalue weighted by Crippen LogP contribution is 2.18. The Morgan fingerprint density at radius 1 is 1.07 bits per heavy atom. The number of nitrogens with zero attached hydrogens (tertiary/aromatic N) is 2. The fourth-order valence-electron chi connectivity index (χ4n) is 3.00. The van der Waals surface area contributed by atoms with E-state index in [1.54, 1.807) is 0 Å². The molecule has 3 N–H and O–H groups in total. The standard InChI is InChI=1S/C19H23N3.C2H2O4/c1-2-3-9-14-21-17-12-7-8-13-18(17)22(19(21)20)15-16-10-5-4-6-11-16;3-1(4)2(5)6/h4-8,10-13,20H,2-3,9,14-15H2,1H3;(H,3,4)(H,5,6). The minimum atomic E-state index is -2.07. The van der Waals surface area contributed by atoms with E-state index in [0.29, 0.717) is 0 Å². The van der Waals surface area contributed by atoms with Crippen molar-refractivity contribution in [3.8, 4) is 0 Å². The Morgan fingerprint density at radius 3 is 2.29 bits per heavy atom. The monoisotopic (exact) mass is 383 g/mol. The molecule has 0 unspecified atom stereocenters. The zero-order valence-electron chi connectivity index (χ0n) is 15.9. The van der Waals surface area contributed by atoms with E-state index in [1.165, 1.54) is 35.9 Å². The van der Waals surface area contributed by atoms with Crippen LogP contribution in [0.5, 0.6) is 0 Å². The lowest BCUT2D eigenvalue weighted by atomic mass is 10.2. The Morgan fingerprint density at radius 2 is 1.68 bits per heavy atom. The van der Waals surface area contributed by atoms with E-state index in [-0.39, 0.29) is 0 Å². The van der Waals surface area contributed by atoms with Crippen molar-refractivity contribution < 1.29 is 24.4 Å². The maximum Gasteiger partial charge on any atom is 0.356 e. The van der Waals surface area contributed by atoms with E-state index in [4.69, 9.17) is 25.5 Å². The number of nitrogens with two attached hydrogens (primary N) is 1. The Kier molecular flexibility index (Phi) is 7.56. The van der Waals surface area contributed by atoms with Crippen LogP contribution >= 0.6 is 0 Å². The van der Waals surface area contributed by atoms with Gasteiger partial charge in [-0.2, -0.15) is 0 Å². The molecule has 0 aliphatic heterocycles. The number of aryl methyl sites for hydroxylation is 1. The van der Waals surface area contributed by atoms with Crippen molar-refractivity contribution in [2.45, 2.75) is 39.3 Å². The summed E-state index contributed by atoms with van der Waals surface area (Å²) in [5.74, 6) is -3.16. The average molecular weight is 383 g/mol. The van der Waals surface area contributed by atoms with Gasteiger partial charge in [0.2, 0.25) is 0 Å². The largest absolute Gasteiger partial charge is 0.539 e. The quantitative estimate of drug-likeness (QED) is 0.381. The van der Waals surface area contributed by atoms with Crippen molar-refractivity contribution in [2.24, 2.45) is 0 Å². The van der Waals surface area contributed by atoms with Gasteiger partial charge >= 0.3 is 11.9 Å². The molecule has 0 aliphatic rings. The molecule has 0 saturated heterocycles. The third-order valence-corrected chi connectivity index (χ3v) is 4.36. The highest BCUT2D eigenvalue weighted by Gasteiger charge is 2.20. The van der Waals surface area contributed by atoms with Crippen LogP contribution < -0.4 is 15.4 Å². The van der Waals surface area contributed by atoms with Gasteiger partial charge in [-0.25, -0.2) is 13.9 Å². The van der Waals surface area contributed by atoms with E-state index < -0.39 is 11.9 Å². The second kappa shape index (κ2) is 10.1. The summed E-state index contributed by atoms with van der Waals surface area (Å²) in [5.41, 5.74) is 10.2. The number of aromatic nitrogens is 2. The number of carbonyl (C=O) groups is 2. The first-order valence-electron chi connectivity index (χ1n) is 9.20. The van der Waals surface area contributed by atoms with E-state index in [2.05, 4.69) is 64.6 Å². The summed E-state index contributed by atoms with van der Waals surface area (Å²) in [5, 5.41) is 16.3. The van der Waals surface area contributed by atoms with Gasteiger partial charge in [0.15, 0.2) is 5.97 Å². The molecule has 0 atom stereocenters. The van der Waals surface area contributed by atoms with Crippen molar-refractivity contribution in [3.63, 3.8) is 0 Å². The zero-order chi connectivity index (χ0) is 20.5. The predicted molar refractivity (Wildman–Crippen MR) is 104 cm³/mol. The Hall–Kier alpha value is -3.35. The van der Waals surface area contributed by atoms with Crippen LogP contribution in [0.2, 0.25) is 0 Å². The molecule has 1 heterocycles. The number of anilines is 1. The molecular weight excluding hydrogens is 358 g/mol. The fourth-order valence-corrected chi connectivity index (χ4v) is 3.00. The zero-order valence-corrected chi connectivity index (χ0v) is 15.9. The lowest BCUT2D eigenvalue weighted by Gasteiger charge is -2.02. The molecule has 0 bridgehead atoms. The third-order valence-electron chi connectivity index (χ3n) is 4.36. The Bertz CT molecular complexity index is 923. The van der Waals surface area contributed by atoms with Crippen molar-refractivity contribution in [2.75, 3.05) is 5.73 Å². The lowest BCUT2D eigenvalue weighted by Crippen LogP contribution is -2.37. The number of carbonyl (C=O) groups excluding carboxylic acids is 1. The summed E-state index contributed by atoms with van der Waals surface area (Å²) in [6.45, 7) is 4.03. The first-order chi connectivity index (χ1) is 13.5. The van der Waals surface area contributed by atoms with Crippen LogP contribution in [0.15, 0.2) is 54.6 Å². The van der Waals surface area contributed by atoms with Gasteiger partial charge in [-0.1, -0.05) is 62.2 Å². The number of para-hydroxylation sites is 2. The number of benzene rings is 2. The highest BCUT2D eigenvalue weighted by atomic mass is 16.4. The molecule has 28 heavy (non-hydrogen) atoms. The molecular formula is C21H25N3O4.